The Morgan fingerprint density at radius 1 is 0.338 bits per heavy atom. The normalized spacial score (nSPS) is 12.8. The highest BCUT2D eigenvalue weighted by Gasteiger charge is 2.18. The monoisotopic (exact) mass is 956 g/mol. The van der Waals surface area contributed by atoms with Crippen LogP contribution in [0, 0.1) is 0 Å². The third-order valence-corrected chi connectivity index (χ3v) is 14.9. The highest BCUT2D eigenvalue weighted by molar-refractivity contribution is 5.76. The van der Waals surface area contributed by atoms with Crippen molar-refractivity contribution >= 4 is 5.91 Å². The van der Waals surface area contributed by atoms with Crippen LogP contribution in [-0.4, -0.2) is 34.9 Å². The summed E-state index contributed by atoms with van der Waals surface area (Å²) < 4.78 is 0. The van der Waals surface area contributed by atoms with Crippen molar-refractivity contribution in [2.24, 2.45) is 0 Å². The van der Waals surface area contributed by atoms with E-state index in [0.29, 0.717) is 6.42 Å². The molecule has 4 heteroatoms. The predicted molar refractivity (Wildman–Crippen MR) is 304 cm³/mol. The largest absolute Gasteiger partial charge is 0.394 e. The number of hydrogen-bond acceptors (Lipinski definition) is 3. The van der Waals surface area contributed by atoms with Gasteiger partial charge in [0, 0.05) is 6.42 Å². The summed E-state index contributed by atoms with van der Waals surface area (Å²) in [5, 5.41) is 23.1. The van der Waals surface area contributed by atoms with Crippen LogP contribution in [0.2, 0.25) is 0 Å². The van der Waals surface area contributed by atoms with Gasteiger partial charge in [-0.05, 0) is 32.1 Å². The van der Waals surface area contributed by atoms with Crippen molar-refractivity contribution in [1.82, 2.24) is 5.32 Å². The molecule has 0 radical (unpaired) electrons. The van der Waals surface area contributed by atoms with E-state index in [1.165, 1.54) is 308 Å². The molecule has 0 aromatic carbocycles. The van der Waals surface area contributed by atoms with E-state index in [-0.39, 0.29) is 12.5 Å². The zero-order valence-corrected chi connectivity index (χ0v) is 46.7. The van der Waals surface area contributed by atoms with Gasteiger partial charge < -0.3 is 15.5 Å². The highest BCUT2D eigenvalue weighted by Crippen LogP contribution is 2.19. The Morgan fingerprint density at radius 3 is 0.853 bits per heavy atom. The summed E-state index contributed by atoms with van der Waals surface area (Å²) in [6.07, 6.45) is 81.1. The van der Waals surface area contributed by atoms with Crippen LogP contribution < -0.4 is 5.32 Å². The second-order valence-corrected chi connectivity index (χ2v) is 21.8. The Morgan fingerprint density at radius 2 is 0.574 bits per heavy atom. The molecule has 0 aliphatic heterocycles. The number of nitrogens with one attached hydrogen (secondary N) is 1. The van der Waals surface area contributed by atoms with Crippen LogP contribution in [0.25, 0.3) is 0 Å². The standard InChI is InChI=1S/C64H125NO3/c1-3-5-7-9-11-13-15-17-19-21-22-23-24-25-26-27-28-29-30-31-32-33-34-35-36-37-38-39-40-41-42-44-46-48-50-52-54-56-58-60-64(68)65-62(61-66)63(67)59-57-55-53-51-49-47-45-43-20-18-16-14-12-10-8-6-4-2/h49,51,57,59,62-63,66-67H,3-48,50,52-56,58,60-61H2,1-2H3,(H,65,68)/b51-49+,59-57+. The first-order chi connectivity index (χ1) is 33.7. The van der Waals surface area contributed by atoms with Gasteiger partial charge in [-0.25, -0.2) is 0 Å². The van der Waals surface area contributed by atoms with Gasteiger partial charge in [0.15, 0.2) is 0 Å². The topological polar surface area (TPSA) is 69.6 Å². The lowest BCUT2D eigenvalue weighted by molar-refractivity contribution is -0.123. The van der Waals surface area contributed by atoms with Crippen molar-refractivity contribution in [1.29, 1.82) is 0 Å². The Bertz CT molecular complexity index is 994. The number of amides is 1. The van der Waals surface area contributed by atoms with E-state index in [0.717, 1.165) is 32.1 Å². The summed E-state index contributed by atoms with van der Waals surface area (Å²) in [5.41, 5.74) is 0. The number of rotatable bonds is 59. The van der Waals surface area contributed by atoms with E-state index in [1.54, 1.807) is 6.08 Å². The summed E-state index contributed by atoms with van der Waals surface area (Å²) in [6, 6.07) is -0.636. The molecule has 0 spiro atoms. The maximum absolute atomic E-state index is 12.5. The summed E-state index contributed by atoms with van der Waals surface area (Å²) in [6.45, 7) is 4.33. The molecule has 0 saturated heterocycles. The Balaban J connectivity index is 3.37. The minimum absolute atomic E-state index is 0.0663. The van der Waals surface area contributed by atoms with Crippen LogP contribution in [0.4, 0.5) is 0 Å². The molecule has 68 heavy (non-hydrogen) atoms. The predicted octanol–water partition coefficient (Wildman–Crippen LogP) is 21.0. The lowest BCUT2D eigenvalue weighted by atomic mass is 10.0. The van der Waals surface area contributed by atoms with Gasteiger partial charge in [-0.15, -0.1) is 0 Å². The number of aliphatic hydroxyl groups excluding tert-OH is 2. The Hall–Kier alpha value is -1.13. The SMILES string of the molecule is CCCCCCCCCCCCC/C=C/CC/C=C/C(O)C(CO)NC(=O)CCCCCCCCCCCCCCCCCCCCCCCCCCCCCCCCCCCCCCCCC. The van der Waals surface area contributed by atoms with E-state index < -0.39 is 12.1 Å². The molecule has 4 nitrogen and oxygen atoms in total. The van der Waals surface area contributed by atoms with Crippen LogP contribution in [0.15, 0.2) is 24.3 Å². The van der Waals surface area contributed by atoms with Crippen LogP contribution >= 0.6 is 0 Å². The molecular formula is C64H125NO3. The molecule has 0 aromatic rings. The molecule has 0 fully saturated rings. The van der Waals surface area contributed by atoms with Gasteiger partial charge in [-0.1, -0.05) is 346 Å². The van der Waals surface area contributed by atoms with Gasteiger partial charge in [0.25, 0.3) is 0 Å². The van der Waals surface area contributed by atoms with Crippen LogP contribution in [0.1, 0.15) is 361 Å². The van der Waals surface area contributed by atoms with E-state index >= 15 is 0 Å². The van der Waals surface area contributed by atoms with Gasteiger partial charge in [0.2, 0.25) is 5.91 Å². The first-order valence-corrected chi connectivity index (χ1v) is 31.6. The smallest absolute Gasteiger partial charge is 0.220 e. The zero-order chi connectivity index (χ0) is 49.2. The molecule has 0 aromatic heterocycles. The van der Waals surface area contributed by atoms with Crippen molar-refractivity contribution in [2.75, 3.05) is 6.61 Å². The fraction of sp³-hybridized carbons (Fsp3) is 0.922. The van der Waals surface area contributed by atoms with E-state index in [2.05, 4.69) is 31.3 Å². The first kappa shape index (κ1) is 66.9. The van der Waals surface area contributed by atoms with Gasteiger partial charge in [0.05, 0.1) is 18.8 Å². The number of allylic oxidation sites excluding steroid dienone is 3. The molecule has 3 N–H and O–H groups in total. The summed E-state index contributed by atoms with van der Waals surface area (Å²) in [4.78, 5) is 12.5. The average Bonchev–Trinajstić information content (AvgIpc) is 3.34. The quantitative estimate of drug-likeness (QED) is 0.0420. The van der Waals surface area contributed by atoms with Crippen molar-refractivity contribution in [3.63, 3.8) is 0 Å². The van der Waals surface area contributed by atoms with Crippen molar-refractivity contribution < 1.29 is 15.0 Å². The fourth-order valence-electron chi connectivity index (χ4n) is 10.1. The molecule has 2 unspecified atom stereocenters. The molecule has 404 valence electrons. The van der Waals surface area contributed by atoms with E-state index in [4.69, 9.17) is 0 Å². The maximum Gasteiger partial charge on any atom is 0.220 e. The van der Waals surface area contributed by atoms with Gasteiger partial charge >= 0.3 is 0 Å². The second-order valence-electron chi connectivity index (χ2n) is 21.8. The molecule has 0 aliphatic carbocycles. The van der Waals surface area contributed by atoms with Crippen LogP contribution in [-0.2, 0) is 4.79 Å². The van der Waals surface area contributed by atoms with E-state index in [1.807, 2.05) is 6.08 Å². The number of carbonyl (C=O) groups is 1. The Labute approximate surface area is 428 Å². The molecule has 0 saturated carbocycles. The Kier molecular flexibility index (Phi) is 59.2. The van der Waals surface area contributed by atoms with Gasteiger partial charge in [0.1, 0.15) is 0 Å². The van der Waals surface area contributed by atoms with Crippen molar-refractivity contribution in [3.05, 3.63) is 24.3 Å². The number of hydrogen-bond donors (Lipinski definition) is 3. The van der Waals surface area contributed by atoms with Gasteiger partial charge in [-0.2, -0.15) is 0 Å². The molecule has 0 aliphatic rings. The van der Waals surface area contributed by atoms with Gasteiger partial charge in [-0.3, -0.25) is 4.79 Å². The highest BCUT2D eigenvalue weighted by atomic mass is 16.3. The summed E-state index contributed by atoms with van der Waals surface area (Å²) in [7, 11) is 0. The van der Waals surface area contributed by atoms with E-state index in [9.17, 15) is 15.0 Å². The molecular weight excluding hydrogens is 831 g/mol. The molecule has 0 heterocycles. The molecule has 2 atom stereocenters. The first-order valence-electron chi connectivity index (χ1n) is 31.6. The number of unbranched alkanes of at least 4 members (excludes halogenated alkanes) is 50. The number of carbonyl (C=O) groups excluding carboxylic acids is 1. The van der Waals surface area contributed by atoms with Crippen LogP contribution in [0.3, 0.4) is 0 Å². The third-order valence-electron chi connectivity index (χ3n) is 14.9. The van der Waals surface area contributed by atoms with Crippen molar-refractivity contribution in [2.45, 2.75) is 373 Å². The van der Waals surface area contributed by atoms with Crippen molar-refractivity contribution in [3.8, 4) is 0 Å². The number of aliphatic hydroxyl groups is 2. The third kappa shape index (κ3) is 55.8. The minimum Gasteiger partial charge on any atom is -0.394 e. The molecule has 0 rings (SSSR count). The molecule has 0 bridgehead atoms. The summed E-state index contributed by atoms with van der Waals surface area (Å²) in [5.74, 6) is -0.0663. The lowest BCUT2D eigenvalue weighted by Gasteiger charge is -2.19. The summed E-state index contributed by atoms with van der Waals surface area (Å²) >= 11 is 0. The minimum atomic E-state index is -0.859. The lowest BCUT2D eigenvalue weighted by Crippen LogP contribution is -2.45. The maximum atomic E-state index is 12.5. The average molecular weight is 957 g/mol. The fourth-order valence-corrected chi connectivity index (χ4v) is 10.1. The second kappa shape index (κ2) is 60.2. The zero-order valence-electron chi connectivity index (χ0n) is 46.7. The van der Waals surface area contributed by atoms with Crippen LogP contribution in [0.5, 0.6) is 0 Å². The molecule has 1 amide bonds.